The van der Waals surface area contributed by atoms with Gasteiger partial charge in [-0.15, -0.1) is 0 Å². The quantitative estimate of drug-likeness (QED) is 0.870. The van der Waals surface area contributed by atoms with Gasteiger partial charge in [0.25, 0.3) is 0 Å². The normalized spacial score (nSPS) is 14.6. The molecule has 1 N–H and O–H groups in total. The SMILES string of the molecule is CN(CCS(C)(=O)=O)Cc1ccc2c(c1)NCC2. The molecule has 2 rings (SSSR count). The summed E-state index contributed by atoms with van der Waals surface area (Å²) in [4.78, 5) is 2.04. The Morgan fingerprint density at radius 3 is 2.89 bits per heavy atom. The smallest absolute Gasteiger partial charge is 0.148 e. The Labute approximate surface area is 109 Å². The van der Waals surface area contributed by atoms with Gasteiger partial charge in [0.15, 0.2) is 0 Å². The Balaban J connectivity index is 1.93. The van der Waals surface area contributed by atoms with Crippen molar-refractivity contribution in [3.8, 4) is 0 Å². The number of hydrogen-bond donors (Lipinski definition) is 1. The highest BCUT2D eigenvalue weighted by Crippen LogP contribution is 2.23. The fourth-order valence-corrected chi connectivity index (χ4v) is 2.79. The molecular weight excluding hydrogens is 248 g/mol. The molecule has 0 spiro atoms. The Kier molecular flexibility index (Phi) is 3.92. The predicted molar refractivity (Wildman–Crippen MR) is 74.7 cm³/mol. The van der Waals surface area contributed by atoms with E-state index in [9.17, 15) is 8.42 Å². The van der Waals surface area contributed by atoms with Crippen LogP contribution < -0.4 is 5.32 Å². The highest BCUT2D eigenvalue weighted by atomic mass is 32.2. The van der Waals surface area contributed by atoms with E-state index in [1.54, 1.807) is 0 Å². The largest absolute Gasteiger partial charge is 0.384 e. The minimum absolute atomic E-state index is 0.215. The highest BCUT2D eigenvalue weighted by molar-refractivity contribution is 7.90. The number of rotatable bonds is 5. The van der Waals surface area contributed by atoms with E-state index >= 15 is 0 Å². The van der Waals surface area contributed by atoms with Crippen LogP contribution in [0, 0.1) is 0 Å². The summed E-state index contributed by atoms with van der Waals surface area (Å²) in [5, 5.41) is 3.36. The van der Waals surface area contributed by atoms with E-state index in [1.165, 1.54) is 23.1 Å². The van der Waals surface area contributed by atoms with Gasteiger partial charge in [0, 0.05) is 31.6 Å². The van der Waals surface area contributed by atoms with Crippen molar-refractivity contribution < 1.29 is 8.42 Å². The van der Waals surface area contributed by atoms with Gasteiger partial charge >= 0.3 is 0 Å². The van der Waals surface area contributed by atoms with Crippen LogP contribution in [-0.2, 0) is 22.8 Å². The standard InChI is InChI=1S/C13H20N2O2S/c1-15(7-8-18(2,16)17)10-11-3-4-12-5-6-14-13(12)9-11/h3-4,9,14H,5-8,10H2,1-2H3. The van der Waals surface area contributed by atoms with Crippen LogP contribution in [-0.4, -0.2) is 45.5 Å². The summed E-state index contributed by atoms with van der Waals surface area (Å²) in [6, 6.07) is 6.46. The lowest BCUT2D eigenvalue weighted by Crippen LogP contribution is -2.24. The van der Waals surface area contributed by atoms with Gasteiger partial charge in [0.1, 0.15) is 9.84 Å². The van der Waals surface area contributed by atoms with Crippen LogP contribution >= 0.6 is 0 Å². The Morgan fingerprint density at radius 2 is 2.17 bits per heavy atom. The number of hydrogen-bond acceptors (Lipinski definition) is 4. The molecule has 100 valence electrons. The lowest BCUT2D eigenvalue weighted by Gasteiger charge is -2.16. The second-order valence-corrected chi connectivity index (χ2v) is 7.30. The minimum atomic E-state index is -2.88. The van der Waals surface area contributed by atoms with Crippen molar-refractivity contribution >= 4 is 15.5 Å². The Morgan fingerprint density at radius 1 is 1.39 bits per heavy atom. The molecule has 1 aliphatic rings. The van der Waals surface area contributed by atoms with E-state index in [0.29, 0.717) is 6.54 Å². The monoisotopic (exact) mass is 268 g/mol. The summed E-state index contributed by atoms with van der Waals surface area (Å²) in [6.45, 7) is 2.37. The van der Waals surface area contributed by atoms with Crippen molar-refractivity contribution in [1.82, 2.24) is 4.90 Å². The van der Waals surface area contributed by atoms with Gasteiger partial charge in [0.2, 0.25) is 0 Å². The number of benzene rings is 1. The zero-order chi connectivity index (χ0) is 13.2. The molecule has 0 aromatic heterocycles. The van der Waals surface area contributed by atoms with Crippen LogP contribution in [0.25, 0.3) is 0 Å². The molecule has 1 heterocycles. The van der Waals surface area contributed by atoms with Gasteiger partial charge in [0.05, 0.1) is 5.75 Å². The van der Waals surface area contributed by atoms with Crippen molar-refractivity contribution in [2.45, 2.75) is 13.0 Å². The van der Waals surface area contributed by atoms with Crippen LogP contribution in [0.5, 0.6) is 0 Å². The van der Waals surface area contributed by atoms with Gasteiger partial charge in [-0.25, -0.2) is 8.42 Å². The van der Waals surface area contributed by atoms with E-state index in [2.05, 4.69) is 23.5 Å². The number of anilines is 1. The van der Waals surface area contributed by atoms with Crippen LogP contribution in [0.1, 0.15) is 11.1 Å². The first-order valence-electron chi connectivity index (χ1n) is 6.16. The average Bonchev–Trinajstić information content (AvgIpc) is 2.72. The van der Waals surface area contributed by atoms with Gasteiger partial charge in [-0.1, -0.05) is 12.1 Å². The van der Waals surface area contributed by atoms with Crippen molar-refractivity contribution in [3.63, 3.8) is 0 Å². The zero-order valence-corrected chi connectivity index (χ0v) is 11.8. The molecule has 1 aliphatic heterocycles. The molecule has 0 unspecified atom stereocenters. The van der Waals surface area contributed by atoms with Crippen LogP contribution in [0.2, 0.25) is 0 Å². The molecular formula is C13H20N2O2S. The second-order valence-electron chi connectivity index (χ2n) is 5.04. The molecule has 5 heteroatoms. The van der Waals surface area contributed by atoms with Crippen molar-refractivity contribution in [2.24, 2.45) is 0 Å². The van der Waals surface area contributed by atoms with Gasteiger partial charge in [-0.2, -0.15) is 0 Å². The van der Waals surface area contributed by atoms with Crippen molar-refractivity contribution in [1.29, 1.82) is 0 Å². The number of nitrogens with zero attached hydrogens (tertiary/aromatic N) is 1. The van der Waals surface area contributed by atoms with E-state index < -0.39 is 9.84 Å². The number of fused-ring (bicyclic) bond motifs is 1. The number of nitrogens with one attached hydrogen (secondary N) is 1. The summed E-state index contributed by atoms with van der Waals surface area (Å²) >= 11 is 0. The maximum Gasteiger partial charge on any atom is 0.148 e. The molecule has 0 bridgehead atoms. The van der Waals surface area contributed by atoms with Gasteiger partial charge < -0.3 is 10.2 Å². The number of sulfone groups is 1. The van der Waals surface area contributed by atoms with Crippen molar-refractivity contribution in [3.05, 3.63) is 29.3 Å². The minimum Gasteiger partial charge on any atom is -0.384 e. The predicted octanol–water partition coefficient (Wildman–Crippen LogP) is 1.13. The summed E-state index contributed by atoms with van der Waals surface area (Å²) in [5.41, 5.74) is 3.82. The molecule has 0 saturated carbocycles. The van der Waals surface area contributed by atoms with Gasteiger partial charge in [-0.05, 0) is 30.7 Å². The summed E-state index contributed by atoms with van der Waals surface area (Å²) in [7, 11) is -0.925. The Bertz CT molecular complexity index is 526. The first-order valence-corrected chi connectivity index (χ1v) is 8.22. The molecule has 4 nitrogen and oxygen atoms in total. The second kappa shape index (κ2) is 5.28. The zero-order valence-electron chi connectivity index (χ0n) is 10.9. The molecule has 1 aromatic carbocycles. The third kappa shape index (κ3) is 3.71. The fourth-order valence-electron chi connectivity index (χ4n) is 2.15. The van der Waals surface area contributed by atoms with E-state index in [1.807, 2.05) is 11.9 Å². The fraction of sp³-hybridized carbons (Fsp3) is 0.538. The van der Waals surface area contributed by atoms with Crippen LogP contribution in [0.15, 0.2) is 18.2 Å². The maximum absolute atomic E-state index is 11.1. The third-order valence-electron chi connectivity index (χ3n) is 3.18. The van der Waals surface area contributed by atoms with Crippen LogP contribution in [0.3, 0.4) is 0 Å². The molecule has 18 heavy (non-hydrogen) atoms. The lowest BCUT2D eigenvalue weighted by atomic mass is 10.1. The van der Waals surface area contributed by atoms with Crippen LogP contribution in [0.4, 0.5) is 5.69 Å². The molecule has 0 atom stereocenters. The third-order valence-corrected chi connectivity index (χ3v) is 4.10. The topological polar surface area (TPSA) is 49.4 Å². The summed E-state index contributed by atoms with van der Waals surface area (Å²) in [5.74, 6) is 0.215. The van der Waals surface area contributed by atoms with Crippen molar-refractivity contribution in [2.75, 3.05) is 37.5 Å². The molecule has 0 aliphatic carbocycles. The van der Waals surface area contributed by atoms with Gasteiger partial charge in [-0.3, -0.25) is 0 Å². The average molecular weight is 268 g/mol. The van der Waals surface area contributed by atoms with E-state index in [-0.39, 0.29) is 5.75 Å². The molecule has 0 amide bonds. The lowest BCUT2D eigenvalue weighted by molar-refractivity contribution is 0.346. The Hall–Kier alpha value is -1.07. The highest BCUT2D eigenvalue weighted by Gasteiger charge is 2.11. The molecule has 0 saturated heterocycles. The summed E-state index contributed by atoms with van der Waals surface area (Å²) in [6.07, 6.45) is 2.37. The maximum atomic E-state index is 11.1. The summed E-state index contributed by atoms with van der Waals surface area (Å²) < 4.78 is 22.2. The molecule has 0 fully saturated rings. The first kappa shape index (κ1) is 13.4. The first-order chi connectivity index (χ1) is 8.44. The van der Waals surface area contributed by atoms with E-state index in [0.717, 1.165) is 19.5 Å². The molecule has 0 radical (unpaired) electrons. The molecule has 1 aromatic rings. The van der Waals surface area contributed by atoms with E-state index in [4.69, 9.17) is 0 Å².